The van der Waals surface area contributed by atoms with E-state index in [9.17, 15) is 4.39 Å². The van der Waals surface area contributed by atoms with Crippen molar-refractivity contribution in [1.82, 2.24) is 25.5 Å². The highest BCUT2D eigenvalue weighted by atomic mass is 32.2. The zero-order valence-electron chi connectivity index (χ0n) is 11.9. The van der Waals surface area contributed by atoms with Gasteiger partial charge in [-0.1, -0.05) is 18.9 Å². The maximum atomic E-state index is 14.1. The van der Waals surface area contributed by atoms with E-state index in [0.717, 1.165) is 18.4 Å². The number of nitrogens with one attached hydrogen (secondary N) is 1. The van der Waals surface area contributed by atoms with Crippen LogP contribution in [-0.2, 0) is 6.54 Å². The van der Waals surface area contributed by atoms with Crippen LogP contribution in [0.3, 0.4) is 0 Å². The van der Waals surface area contributed by atoms with Gasteiger partial charge in [0.05, 0.1) is 10.9 Å². The fourth-order valence-electron chi connectivity index (χ4n) is 2.67. The predicted molar refractivity (Wildman–Crippen MR) is 78.6 cm³/mol. The van der Waals surface area contributed by atoms with Gasteiger partial charge in [0.25, 0.3) is 0 Å². The molecule has 1 aromatic heterocycles. The molecule has 1 aliphatic rings. The molecule has 1 N–H and O–H groups in total. The summed E-state index contributed by atoms with van der Waals surface area (Å²) < 4.78 is 16.0. The fourth-order valence-corrected chi connectivity index (χ4v) is 3.52. The number of halogens is 1. The monoisotopic (exact) mass is 307 g/mol. The van der Waals surface area contributed by atoms with Crippen LogP contribution in [0.1, 0.15) is 37.3 Å². The summed E-state index contributed by atoms with van der Waals surface area (Å²) in [5.41, 5.74) is 0.926. The van der Waals surface area contributed by atoms with E-state index < -0.39 is 0 Å². The van der Waals surface area contributed by atoms with Gasteiger partial charge >= 0.3 is 0 Å². The van der Waals surface area contributed by atoms with E-state index in [1.165, 1.54) is 24.6 Å². The highest BCUT2D eigenvalue weighted by Crippen LogP contribution is 2.34. The number of nitrogens with zero attached hydrogens (tertiary/aromatic N) is 4. The zero-order chi connectivity index (χ0) is 14.7. The highest BCUT2D eigenvalue weighted by Gasteiger charge is 2.22. The van der Waals surface area contributed by atoms with E-state index in [2.05, 4.69) is 20.8 Å². The Morgan fingerprint density at radius 3 is 2.90 bits per heavy atom. The van der Waals surface area contributed by atoms with Crippen LogP contribution in [0.25, 0.3) is 0 Å². The molecule has 1 aliphatic carbocycles. The fraction of sp³-hybridized carbons (Fsp3) is 0.500. The first-order valence-corrected chi connectivity index (χ1v) is 7.98. The van der Waals surface area contributed by atoms with Gasteiger partial charge in [-0.2, -0.15) is 0 Å². The van der Waals surface area contributed by atoms with E-state index in [4.69, 9.17) is 0 Å². The standard InChI is InChI=1S/C14H18FN5S/c1-16-9-10-6-7-13(12(15)8-10)21-14-17-18-19-20(14)11-4-2-3-5-11/h6-8,11,16H,2-5,9H2,1H3. The molecule has 21 heavy (non-hydrogen) atoms. The lowest BCUT2D eigenvalue weighted by atomic mass is 10.2. The third-order valence-electron chi connectivity index (χ3n) is 3.71. The van der Waals surface area contributed by atoms with Gasteiger partial charge in [-0.15, -0.1) is 5.10 Å². The quantitative estimate of drug-likeness (QED) is 0.920. The first-order chi connectivity index (χ1) is 10.3. The van der Waals surface area contributed by atoms with Crippen molar-refractivity contribution in [3.8, 4) is 0 Å². The first-order valence-electron chi connectivity index (χ1n) is 7.16. The minimum atomic E-state index is -0.228. The van der Waals surface area contributed by atoms with Crippen molar-refractivity contribution in [1.29, 1.82) is 0 Å². The minimum absolute atomic E-state index is 0.228. The summed E-state index contributed by atoms with van der Waals surface area (Å²) in [5, 5.41) is 15.5. The largest absolute Gasteiger partial charge is 0.316 e. The maximum absolute atomic E-state index is 14.1. The third kappa shape index (κ3) is 3.24. The minimum Gasteiger partial charge on any atom is -0.316 e. The molecule has 7 heteroatoms. The predicted octanol–water partition coefficient (Wildman–Crippen LogP) is 2.80. The van der Waals surface area contributed by atoms with Crippen molar-refractivity contribution in [2.75, 3.05) is 7.05 Å². The van der Waals surface area contributed by atoms with Gasteiger partial charge in [-0.25, -0.2) is 9.07 Å². The van der Waals surface area contributed by atoms with E-state index in [1.54, 1.807) is 12.1 Å². The van der Waals surface area contributed by atoms with Crippen LogP contribution in [0.15, 0.2) is 28.3 Å². The topological polar surface area (TPSA) is 55.6 Å². The molecule has 1 heterocycles. The third-order valence-corrected chi connectivity index (χ3v) is 4.71. The van der Waals surface area contributed by atoms with E-state index >= 15 is 0 Å². The van der Waals surface area contributed by atoms with Gasteiger partial charge in [0, 0.05) is 6.54 Å². The molecule has 0 saturated heterocycles. The van der Waals surface area contributed by atoms with Crippen molar-refractivity contribution in [2.45, 2.75) is 48.3 Å². The average Bonchev–Trinajstić information content (AvgIpc) is 3.13. The van der Waals surface area contributed by atoms with Crippen molar-refractivity contribution in [2.24, 2.45) is 0 Å². The van der Waals surface area contributed by atoms with E-state index in [0.29, 0.717) is 22.6 Å². The molecule has 0 radical (unpaired) electrons. The Morgan fingerprint density at radius 1 is 1.38 bits per heavy atom. The SMILES string of the molecule is CNCc1ccc(Sc2nnnn2C2CCCC2)c(F)c1. The van der Waals surface area contributed by atoms with Crippen LogP contribution in [0.4, 0.5) is 4.39 Å². The lowest BCUT2D eigenvalue weighted by Crippen LogP contribution is -2.08. The Morgan fingerprint density at radius 2 is 2.19 bits per heavy atom. The molecule has 0 aliphatic heterocycles. The van der Waals surface area contributed by atoms with E-state index in [1.807, 2.05) is 17.8 Å². The summed E-state index contributed by atoms with van der Waals surface area (Å²) >= 11 is 1.29. The Kier molecular flexibility index (Phi) is 4.50. The molecular formula is C14H18FN5S. The van der Waals surface area contributed by atoms with Crippen LogP contribution in [0.5, 0.6) is 0 Å². The summed E-state index contributed by atoms with van der Waals surface area (Å²) in [4.78, 5) is 0.559. The molecular weight excluding hydrogens is 289 g/mol. The molecule has 5 nitrogen and oxygen atoms in total. The molecule has 1 fully saturated rings. The summed E-state index contributed by atoms with van der Waals surface area (Å²) in [6.45, 7) is 0.654. The molecule has 3 rings (SSSR count). The van der Waals surface area contributed by atoms with Crippen molar-refractivity contribution < 1.29 is 4.39 Å². The van der Waals surface area contributed by atoms with E-state index in [-0.39, 0.29) is 5.82 Å². The van der Waals surface area contributed by atoms with Crippen LogP contribution >= 0.6 is 11.8 Å². The number of hydrogen-bond acceptors (Lipinski definition) is 5. The summed E-state index contributed by atoms with van der Waals surface area (Å²) in [6, 6.07) is 5.63. The summed E-state index contributed by atoms with van der Waals surface area (Å²) in [7, 11) is 1.84. The first kappa shape index (κ1) is 14.5. The molecule has 2 aromatic rings. The number of tetrazole rings is 1. The second-order valence-electron chi connectivity index (χ2n) is 5.24. The number of benzene rings is 1. The van der Waals surface area contributed by atoms with Gasteiger partial charge in [-0.05, 0) is 59.8 Å². The Hall–Kier alpha value is -1.47. The number of aromatic nitrogens is 4. The maximum Gasteiger partial charge on any atom is 0.214 e. The summed E-state index contributed by atoms with van der Waals surface area (Å²) in [6.07, 6.45) is 4.62. The Labute approximate surface area is 127 Å². The molecule has 1 aromatic carbocycles. The second kappa shape index (κ2) is 6.53. The molecule has 0 spiro atoms. The van der Waals surface area contributed by atoms with Crippen LogP contribution < -0.4 is 5.32 Å². The van der Waals surface area contributed by atoms with Gasteiger partial charge < -0.3 is 5.32 Å². The summed E-state index contributed by atoms with van der Waals surface area (Å²) in [5.74, 6) is -0.228. The van der Waals surface area contributed by atoms with Crippen molar-refractivity contribution >= 4 is 11.8 Å². The van der Waals surface area contributed by atoms with Crippen molar-refractivity contribution in [3.05, 3.63) is 29.6 Å². The molecule has 0 amide bonds. The highest BCUT2D eigenvalue weighted by molar-refractivity contribution is 7.99. The smallest absolute Gasteiger partial charge is 0.214 e. The van der Waals surface area contributed by atoms with Gasteiger partial charge in [-0.3, -0.25) is 0 Å². The number of rotatable bonds is 5. The molecule has 0 unspecified atom stereocenters. The van der Waals surface area contributed by atoms with Crippen molar-refractivity contribution in [3.63, 3.8) is 0 Å². The lowest BCUT2D eigenvalue weighted by molar-refractivity contribution is 0.423. The van der Waals surface area contributed by atoms with Gasteiger partial charge in [0.1, 0.15) is 5.82 Å². The Balaban J connectivity index is 1.79. The lowest BCUT2D eigenvalue weighted by Gasteiger charge is -2.11. The molecule has 112 valence electrons. The van der Waals surface area contributed by atoms with Crippen LogP contribution in [0, 0.1) is 5.82 Å². The Bertz CT molecular complexity index is 609. The molecule has 1 saturated carbocycles. The number of hydrogen-bond donors (Lipinski definition) is 1. The second-order valence-corrected chi connectivity index (χ2v) is 6.25. The average molecular weight is 307 g/mol. The normalized spacial score (nSPS) is 15.7. The van der Waals surface area contributed by atoms with Gasteiger partial charge in [0.2, 0.25) is 5.16 Å². The van der Waals surface area contributed by atoms with Crippen LogP contribution in [0.2, 0.25) is 0 Å². The van der Waals surface area contributed by atoms with Crippen LogP contribution in [-0.4, -0.2) is 27.3 Å². The van der Waals surface area contributed by atoms with Gasteiger partial charge in [0.15, 0.2) is 0 Å². The molecule has 0 bridgehead atoms. The molecule has 0 atom stereocenters. The zero-order valence-corrected chi connectivity index (χ0v) is 12.7.